The fourth-order valence-electron chi connectivity index (χ4n) is 5.59. The predicted molar refractivity (Wildman–Crippen MR) is 146 cm³/mol. The number of hydrogen-bond donors (Lipinski definition) is 0. The van der Waals surface area contributed by atoms with Crippen LogP contribution in [0.15, 0.2) is 54.6 Å². The number of nitrogens with zero attached hydrogens (tertiary/aromatic N) is 5. The van der Waals surface area contributed by atoms with Crippen LogP contribution in [0.3, 0.4) is 0 Å². The zero-order valence-electron chi connectivity index (χ0n) is 22.0. The van der Waals surface area contributed by atoms with Gasteiger partial charge in [-0.25, -0.2) is 9.67 Å². The van der Waals surface area contributed by atoms with Crippen molar-refractivity contribution in [1.82, 2.24) is 19.7 Å². The van der Waals surface area contributed by atoms with Crippen molar-refractivity contribution in [2.24, 2.45) is 0 Å². The predicted octanol–water partition coefficient (Wildman–Crippen LogP) is 5.32. The number of amides is 1. The molecular formula is C30H35N5O. The van der Waals surface area contributed by atoms with Gasteiger partial charge in [-0.1, -0.05) is 30.3 Å². The van der Waals surface area contributed by atoms with Crippen molar-refractivity contribution in [3.8, 4) is 5.69 Å². The van der Waals surface area contributed by atoms with E-state index in [1.165, 1.54) is 16.8 Å². The molecule has 0 bridgehead atoms. The summed E-state index contributed by atoms with van der Waals surface area (Å²) in [5, 5.41) is 5.88. The fraction of sp³-hybridized carbons (Fsp3) is 0.367. The SMILES string of the molecule is Cc1cccc(N2CCN(C(=O)CCc3c(C)nc4c(c(C)nn4-c4ccccc4)c3C)CC2C)c1. The molecule has 5 rings (SSSR count). The Kier molecular flexibility index (Phi) is 6.52. The van der Waals surface area contributed by atoms with E-state index in [1.807, 2.05) is 53.8 Å². The van der Waals surface area contributed by atoms with Gasteiger partial charge in [0.2, 0.25) is 5.91 Å². The van der Waals surface area contributed by atoms with Gasteiger partial charge >= 0.3 is 0 Å². The molecule has 1 atom stereocenters. The van der Waals surface area contributed by atoms with Crippen molar-refractivity contribution in [2.45, 2.75) is 53.5 Å². The van der Waals surface area contributed by atoms with Crippen molar-refractivity contribution in [1.29, 1.82) is 0 Å². The van der Waals surface area contributed by atoms with Crippen LogP contribution in [0.5, 0.6) is 0 Å². The molecule has 0 aliphatic carbocycles. The van der Waals surface area contributed by atoms with Gasteiger partial charge in [0.15, 0.2) is 5.65 Å². The first-order valence-corrected chi connectivity index (χ1v) is 12.9. The molecular weight excluding hydrogens is 446 g/mol. The average molecular weight is 482 g/mol. The van der Waals surface area contributed by atoms with Gasteiger partial charge in [0.25, 0.3) is 0 Å². The number of piperazine rings is 1. The van der Waals surface area contributed by atoms with Crippen LogP contribution in [0, 0.1) is 27.7 Å². The number of fused-ring (bicyclic) bond motifs is 1. The van der Waals surface area contributed by atoms with Crippen molar-refractivity contribution >= 4 is 22.6 Å². The van der Waals surface area contributed by atoms with Crippen LogP contribution < -0.4 is 4.90 Å². The summed E-state index contributed by atoms with van der Waals surface area (Å²) >= 11 is 0. The lowest BCUT2D eigenvalue weighted by Gasteiger charge is -2.41. The van der Waals surface area contributed by atoms with Gasteiger partial charge in [-0.15, -0.1) is 0 Å². The molecule has 1 saturated heterocycles. The Balaban J connectivity index is 1.31. The Morgan fingerprint density at radius 1 is 0.944 bits per heavy atom. The second kappa shape index (κ2) is 9.76. The van der Waals surface area contributed by atoms with Crippen LogP contribution in [0.1, 0.15) is 41.4 Å². The number of benzene rings is 2. The molecule has 36 heavy (non-hydrogen) atoms. The Hall–Kier alpha value is -3.67. The number of aryl methyl sites for hydroxylation is 4. The van der Waals surface area contributed by atoms with Crippen molar-refractivity contribution < 1.29 is 4.79 Å². The average Bonchev–Trinajstić information content (AvgIpc) is 3.20. The van der Waals surface area contributed by atoms with E-state index in [4.69, 9.17) is 10.1 Å². The second-order valence-corrected chi connectivity index (χ2v) is 10.1. The zero-order chi connectivity index (χ0) is 25.4. The van der Waals surface area contributed by atoms with Crippen molar-refractivity contribution in [3.63, 3.8) is 0 Å². The van der Waals surface area contributed by atoms with Crippen LogP contribution in [-0.2, 0) is 11.2 Å². The van der Waals surface area contributed by atoms with E-state index >= 15 is 0 Å². The minimum absolute atomic E-state index is 0.223. The third-order valence-corrected chi connectivity index (χ3v) is 7.48. The van der Waals surface area contributed by atoms with E-state index in [0.29, 0.717) is 12.8 Å². The number of para-hydroxylation sites is 1. The van der Waals surface area contributed by atoms with Gasteiger partial charge in [-0.3, -0.25) is 4.79 Å². The second-order valence-electron chi connectivity index (χ2n) is 10.1. The molecule has 1 unspecified atom stereocenters. The fourth-order valence-corrected chi connectivity index (χ4v) is 5.59. The quantitative estimate of drug-likeness (QED) is 0.387. The van der Waals surface area contributed by atoms with Crippen LogP contribution >= 0.6 is 0 Å². The molecule has 2 aromatic heterocycles. The number of anilines is 1. The van der Waals surface area contributed by atoms with Gasteiger partial charge in [0.05, 0.1) is 11.4 Å². The van der Waals surface area contributed by atoms with Gasteiger partial charge in [0, 0.05) is 48.9 Å². The lowest BCUT2D eigenvalue weighted by atomic mass is 9.98. The number of hydrogen-bond acceptors (Lipinski definition) is 4. The molecule has 3 heterocycles. The summed E-state index contributed by atoms with van der Waals surface area (Å²) in [4.78, 5) is 22.6. The maximum absolute atomic E-state index is 13.2. The van der Waals surface area contributed by atoms with E-state index in [1.54, 1.807) is 0 Å². The standard InChI is InChI=1S/C30H35N5O/c1-20-10-9-13-26(18-20)34-17-16-33(19-21(34)2)28(36)15-14-27-22(3)29-24(5)32-35(30(29)31-23(27)4)25-11-7-6-8-12-25/h6-13,18,21H,14-17,19H2,1-5H3. The smallest absolute Gasteiger partial charge is 0.223 e. The molecule has 6 heteroatoms. The van der Waals surface area contributed by atoms with Gasteiger partial charge in [-0.2, -0.15) is 5.10 Å². The summed E-state index contributed by atoms with van der Waals surface area (Å²) in [6.07, 6.45) is 1.19. The maximum Gasteiger partial charge on any atom is 0.223 e. The van der Waals surface area contributed by atoms with E-state index in [9.17, 15) is 4.79 Å². The summed E-state index contributed by atoms with van der Waals surface area (Å²) in [5.74, 6) is 0.223. The lowest BCUT2D eigenvalue weighted by molar-refractivity contribution is -0.131. The summed E-state index contributed by atoms with van der Waals surface area (Å²) in [6.45, 7) is 12.9. The number of aromatic nitrogens is 3. The summed E-state index contributed by atoms with van der Waals surface area (Å²) in [6, 6.07) is 19.0. The molecule has 0 spiro atoms. The molecule has 0 radical (unpaired) electrons. The number of carbonyl (C=O) groups is 1. The molecule has 0 N–H and O–H groups in total. The minimum atomic E-state index is 0.223. The minimum Gasteiger partial charge on any atom is -0.365 e. The Bertz CT molecular complexity index is 1410. The molecule has 186 valence electrons. The topological polar surface area (TPSA) is 54.3 Å². The summed E-state index contributed by atoms with van der Waals surface area (Å²) in [5.41, 5.74) is 8.68. The highest BCUT2D eigenvalue weighted by Crippen LogP contribution is 2.29. The molecule has 1 fully saturated rings. The van der Waals surface area contributed by atoms with E-state index in [0.717, 1.165) is 53.3 Å². The van der Waals surface area contributed by atoms with Crippen molar-refractivity contribution in [3.05, 3.63) is 82.7 Å². The highest BCUT2D eigenvalue weighted by atomic mass is 16.2. The molecule has 1 aliphatic heterocycles. The molecule has 1 aliphatic rings. The third kappa shape index (κ3) is 4.48. The molecule has 2 aromatic carbocycles. The molecule has 1 amide bonds. The Labute approximate surface area is 213 Å². The molecule has 6 nitrogen and oxygen atoms in total. The zero-order valence-corrected chi connectivity index (χ0v) is 22.0. The van der Waals surface area contributed by atoms with Crippen LogP contribution in [0.4, 0.5) is 5.69 Å². The number of rotatable bonds is 5. The van der Waals surface area contributed by atoms with Gasteiger partial charge < -0.3 is 9.80 Å². The molecule has 0 saturated carbocycles. The van der Waals surface area contributed by atoms with Crippen LogP contribution in [0.2, 0.25) is 0 Å². The highest BCUT2D eigenvalue weighted by molar-refractivity contribution is 5.85. The normalized spacial score (nSPS) is 16.1. The van der Waals surface area contributed by atoms with E-state index in [2.05, 4.69) is 49.9 Å². The largest absolute Gasteiger partial charge is 0.365 e. The van der Waals surface area contributed by atoms with E-state index in [-0.39, 0.29) is 11.9 Å². The van der Waals surface area contributed by atoms with Gasteiger partial charge in [-0.05, 0) is 82.0 Å². The summed E-state index contributed by atoms with van der Waals surface area (Å²) < 4.78 is 1.93. The monoisotopic (exact) mass is 481 g/mol. The van der Waals surface area contributed by atoms with Crippen LogP contribution in [-0.4, -0.2) is 51.2 Å². The third-order valence-electron chi connectivity index (χ3n) is 7.48. The number of carbonyl (C=O) groups excluding carboxylic acids is 1. The maximum atomic E-state index is 13.2. The Morgan fingerprint density at radius 3 is 2.42 bits per heavy atom. The van der Waals surface area contributed by atoms with Gasteiger partial charge in [0.1, 0.15) is 0 Å². The summed E-state index contributed by atoms with van der Waals surface area (Å²) in [7, 11) is 0. The Morgan fingerprint density at radius 2 is 1.69 bits per heavy atom. The first kappa shape index (κ1) is 24.0. The molecule has 4 aromatic rings. The number of pyridine rings is 1. The first-order chi connectivity index (χ1) is 17.3. The first-order valence-electron chi connectivity index (χ1n) is 12.9. The highest BCUT2D eigenvalue weighted by Gasteiger charge is 2.27. The lowest BCUT2D eigenvalue weighted by Crippen LogP contribution is -2.53. The van der Waals surface area contributed by atoms with Crippen molar-refractivity contribution in [2.75, 3.05) is 24.5 Å². The van der Waals surface area contributed by atoms with E-state index < -0.39 is 0 Å². The van der Waals surface area contributed by atoms with Crippen LogP contribution in [0.25, 0.3) is 16.7 Å².